The van der Waals surface area contributed by atoms with Gasteiger partial charge in [0.1, 0.15) is 18.1 Å². The Kier molecular flexibility index (Phi) is 16.0. The molecule has 0 saturated carbocycles. The number of hydrogen-bond donors (Lipinski definition) is 6. The number of aromatic nitrogens is 3. The third kappa shape index (κ3) is 12.3. The SMILES string of the molecule is C#CCOc1ccc(C(=O)c2ccc(C(=O)NCCOCCOCCNC(=O)CCC(=O)Nc3ccc(-c4nc(C(=O)NCCc5c[nH]c6ccccc56)cc5c4[nH]c4ccccc45)cc3)cc2)cc1. The van der Waals surface area contributed by atoms with Gasteiger partial charge in [0, 0.05) is 93.8 Å². The second-order valence-electron chi connectivity index (χ2n) is 16.2. The average molecular weight is 938 g/mol. The van der Waals surface area contributed by atoms with Crippen molar-refractivity contribution < 1.29 is 38.2 Å². The van der Waals surface area contributed by atoms with E-state index in [0.717, 1.165) is 43.8 Å². The monoisotopic (exact) mass is 937 g/mol. The summed E-state index contributed by atoms with van der Waals surface area (Å²) in [5, 5.41) is 14.4. The lowest BCUT2D eigenvalue weighted by Gasteiger charge is -2.10. The summed E-state index contributed by atoms with van der Waals surface area (Å²) in [4.78, 5) is 75.8. The number of rotatable bonds is 23. The van der Waals surface area contributed by atoms with E-state index >= 15 is 0 Å². The number of pyridine rings is 1. The van der Waals surface area contributed by atoms with Crippen LogP contribution in [0.4, 0.5) is 5.69 Å². The first-order valence-corrected chi connectivity index (χ1v) is 22.9. The highest BCUT2D eigenvalue weighted by Gasteiger charge is 2.18. The first-order valence-electron chi connectivity index (χ1n) is 22.9. The Bertz CT molecular complexity index is 3170. The Morgan fingerprint density at radius 1 is 0.614 bits per heavy atom. The van der Waals surface area contributed by atoms with E-state index in [1.54, 1.807) is 60.7 Å². The third-order valence-corrected chi connectivity index (χ3v) is 11.4. The molecule has 3 heterocycles. The normalized spacial score (nSPS) is 11.0. The van der Waals surface area contributed by atoms with Gasteiger partial charge in [0.25, 0.3) is 11.8 Å². The number of hydrogen-bond acceptors (Lipinski definition) is 9. The maximum atomic E-state index is 13.6. The fourth-order valence-electron chi connectivity index (χ4n) is 7.85. The molecule has 0 bridgehead atoms. The minimum atomic E-state index is -0.313. The number of carbonyl (C=O) groups is 5. The molecule has 4 amide bonds. The number of nitrogens with zero attached hydrogens (tertiary/aromatic N) is 1. The van der Waals surface area contributed by atoms with Gasteiger partial charge in [-0.05, 0) is 78.7 Å². The predicted octanol–water partition coefficient (Wildman–Crippen LogP) is 7.38. The number of fused-ring (bicyclic) bond motifs is 4. The van der Waals surface area contributed by atoms with Crippen molar-refractivity contribution in [3.63, 3.8) is 0 Å². The highest BCUT2D eigenvalue weighted by atomic mass is 16.5. The third-order valence-electron chi connectivity index (χ3n) is 11.4. The molecule has 0 spiro atoms. The summed E-state index contributed by atoms with van der Waals surface area (Å²) in [5.41, 5.74) is 7.44. The molecule has 0 fully saturated rings. The minimum absolute atomic E-state index is 0.000824. The fraction of sp³-hybridized carbons (Fsp3) is 0.200. The maximum absolute atomic E-state index is 13.6. The molecular formula is C55H51N7O8. The number of amides is 4. The molecule has 70 heavy (non-hydrogen) atoms. The zero-order chi connectivity index (χ0) is 48.7. The molecule has 0 aliphatic heterocycles. The number of ketones is 1. The fourth-order valence-corrected chi connectivity index (χ4v) is 7.85. The zero-order valence-corrected chi connectivity index (χ0v) is 38.3. The lowest BCUT2D eigenvalue weighted by Crippen LogP contribution is -2.29. The Morgan fingerprint density at radius 3 is 1.97 bits per heavy atom. The number of H-pyrrole nitrogens is 2. The molecule has 0 unspecified atom stereocenters. The predicted molar refractivity (Wildman–Crippen MR) is 269 cm³/mol. The Balaban J connectivity index is 0.710. The number of terminal acetylenes is 1. The topological polar surface area (TPSA) is 206 Å². The molecule has 0 saturated heterocycles. The number of benzene rings is 5. The summed E-state index contributed by atoms with van der Waals surface area (Å²) in [5.74, 6) is 1.61. The van der Waals surface area contributed by atoms with E-state index < -0.39 is 0 Å². The van der Waals surface area contributed by atoms with Gasteiger partial charge in [-0.2, -0.15) is 0 Å². The van der Waals surface area contributed by atoms with Crippen molar-refractivity contribution >= 4 is 67.8 Å². The van der Waals surface area contributed by atoms with Gasteiger partial charge < -0.3 is 45.4 Å². The summed E-state index contributed by atoms with van der Waals surface area (Å²) in [6.45, 7) is 2.23. The lowest BCUT2D eigenvalue weighted by molar-refractivity contribution is -0.124. The Hall–Kier alpha value is -8.58. The van der Waals surface area contributed by atoms with Crippen LogP contribution in [0.15, 0.2) is 134 Å². The molecular weight excluding hydrogens is 887 g/mol. The molecule has 0 aliphatic carbocycles. The minimum Gasteiger partial charge on any atom is -0.481 e. The van der Waals surface area contributed by atoms with E-state index in [1.165, 1.54) is 0 Å². The van der Waals surface area contributed by atoms with Crippen molar-refractivity contribution in [1.82, 2.24) is 30.9 Å². The first kappa shape index (κ1) is 47.9. The van der Waals surface area contributed by atoms with Crippen molar-refractivity contribution in [3.05, 3.63) is 162 Å². The van der Waals surface area contributed by atoms with Gasteiger partial charge in [-0.15, -0.1) is 6.42 Å². The van der Waals surface area contributed by atoms with E-state index in [1.807, 2.05) is 66.9 Å². The molecule has 15 heteroatoms. The van der Waals surface area contributed by atoms with Crippen LogP contribution in [0, 0.1) is 12.3 Å². The van der Waals surface area contributed by atoms with Gasteiger partial charge in [0.2, 0.25) is 11.8 Å². The largest absolute Gasteiger partial charge is 0.481 e. The lowest BCUT2D eigenvalue weighted by atomic mass is 10.0. The Morgan fingerprint density at radius 2 is 1.24 bits per heavy atom. The molecule has 5 aromatic carbocycles. The van der Waals surface area contributed by atoms with Crippen LogP contribution in [0.25, 0.3) is 44.0 Å². The summed E-state index contributed by atoms with van der Waals surface area (Å²) < 4.78 is 16.4. The highest BCUT2D eigenvalue weighted by Crippen LogP contribution is 2.33. The van der Waals surface area contributed by atoms with E-state index in [0.29, 0.717) is 59.1 Å². The second kappa shape index (κ2) is 23.4. The molecule has 0 atom stereocenters. The molecule has 6 N–H and O–H groups in total. The molecule has 354 valence electrons. The summed E-state index contributed by atoms with van der Waals surface area (Å²) >= 11 is 0. The van der Waals surface area contributed by atoms with Crippen molar-refractivity contribution in [3.8, 4) is 29.4 Å². The van der Waals surface area contributed by atoms with Crippen molar-refractivity contribution in [2.45, 2.75) is 19.3 Å². The molecule has 15 nitrogen and oxygen atoms in total. The van der Waals surface area contributed by atoms with Crippen molar-refractivity contribution in [2.24, 2.45) is 0 Å². The van der Waals surface area contributed by atoms with Crippen LogP contribution in [-0.4, -0.2) is 97.0 Å². The zero-order valence-electron chi connectivity index (χ0n) is 38.3. The smallest absolute Gasteiger partial charge is 0.269 e. The van der Waals surface area contributed by atoms with Gasteiger partial charge in [-0.25, -0.2) is 4.98 Å². The van der Waals surface area contributed by atoms with Crippen molar-refractivity contribution in [1.29, 1.82) is 0 Å². The van der Waals surface area contributed by atoms with Gasteiger partial charge >= 0.3 is 0 Å². The van der Waals surface area contributed by atoms with Crippen LogP contribution >= 0.6 is 0 Å². The second-order valence-corrected chi connectivity index (χ2v) is 16.2. The van der Waals surface area contributed by atoms with Gasteiger partial charge in [0.05, 0.1) is 37.6 Å². The van der Waals surface area contributed by atoms with Crippen molar-refractivity contribution in [2.75, 3.05) is 58.0 Å². The number of para-hydroxylation sites is 2. The van der Waals surface area contributed by atoms with Crippen LogP contribution in [0.3, 0.4) is 0 Å². The quantitative estimate of drug-likeness (QED) is 0.0215. The molecule has 8 aromatic rings. The van der Waals surface area contributed by atoms with E-state index in [2.05, 4.69) is 43.2 Å². The number of carbonyl (C=O) groups excluding carboxylic acids is 5. The van der Waals surface area contributed by atoms with Gasteiger partial charge in [0.15, 0.2) is 5.78 Å². The standard InChI is InChI=1S/C55H51N7O8/c1-2-29-70-42-21-17-38(18-22-42)53(65)37-11-13-39(14-12-37)54(66)58-28-31-69-33-32-68-30-27-56-49(63)23-24-50(64)60-41-19-15-36(16-20-41)51-52-45(44-8-4-6-10-47(44)61-52)34-48(62-51)55(67)57-26-25-40-35-59-46-9-5-3-7-43(40)46/h1,3-22,34-35,59,61H,23-33H2,(H,56,63)(H,57,67)(H,58,66)(H,60,64). The molecule has 0 aliphatic rings. The summed E-state index contributed by atoms with van der Waals surface area (Å²) in [6.07, 6.45) is 7.83. The van der Waals surface area contributed by atoms with Crippen LogP contribution in [0.5, 0.6) is 5.75 Å². The van der Waals surface area contributed by atoms with Crippen LogP contribution < -0.4 is 26.0 Å². The first-order chi connectivity index (χ1) is 34.2. The van der Waals surface area contributed by atoms with E-state index in [4.69, 9.17) is 25.6 Å². The van der Waals surface area contributed by atoms with Crippen LogP contribution in [0.2, 0.25) is 0 Å². The molecule has 0 radical (unpaired) electrons. The number of anilines is 1. The number of ether oxygens (including phenoxy) is 3. The number of aromatic amines is 2. The van der Waals surface area contributed by atoms with Gasteiger partial charge in [-0.1, -0.05) is 66.6 Å². The average Bonchev–Trinajstić information content (AvgIpc) is 3.99. The molecule has 3 aromatic heterocycles. The van der Waals surface area contributed by atoms with Crippen LogP contribution in [-0.2, 0) is 25.5 Å². The maximum Gasteiger partial charge on any atom is 0.269 e. The highest BCUT2D eigenvalue weighted by molar-refractivity contribution is 6.13. The Labute approximate surface area is 403 Å². The van der Waals surface area contributed by atoms with E-state index in [9.17, 15) is 24.0 Å². The molecule has 8 rings (SSSR count). The summed E-state index contributed by atoms with van der Waals surface area (Å²) in [6, 6.07) is 38.1. The number of nitrogens with one attached hydrogen (secondary N) is 6. The summed E-state index contributed by atoms with van der Waals surface area (Å²) in [7, 11) is 0. The van der Waals surface area contributed by atoms with Gasteiger partial charge in [-0.3, -0.25) is 24.0 Å². The van der Waals surface area contributed by atoms with E-state index in [-0.39, 0.29) is 81.8 Å². The van der Waals surface area contributed by atoms with Crippen LogP contribution in [0.1, 0.15) is 55.2 Å².